The van der Waals surface area contributed by atoms with Gasteiger partial charge in [-0.05, 0) is 52.3 Å². The third kappa shape index (κ3) is 6.45. The van der Waals surface area contributed by atoms with Gasteiger partial charge in [0.25, 0.3) is 0 Å². The molecule has 1 rings (SSSR count). The molecule has 1 aromatic carbocycles. The van der Waals surface area contributed by atoms with E-state index in [9.17, 15) is 9.59 Å². The van der Waals surface area contributed by atoms with Crippen molar-refractivity contribution in [1.82, 2.24) is 16.0 Å². The normalized spacial score (nSPS) is 14.1. The van der Waals surface area contributed by atoms with Crippen LogP contribution in [0.4, 0.5) is 4.79 Å². The number of benzene rings is 1. The Hall–Kier alpha value is -1.59. The van der Waals surface area contributed by atoms with Crippen molar-refractivity contribution >= 4 is 23.5 Å². The summed E-state index contributed by atoms with van der Waals surface area (Å²) in [5.41, 5.74) is 0.584. The molecule has 0 saturated heterocycles. The molecule has 0 aliphatic rings. The molecule has 2 atom stereocenters. The van der Waals surface area contributed by atoms with E-state index in [1.165, 1.54) is 0 Å². The molecule has 6 heteroatoms. The number of carbonyl (C=O) groups excluding carboxylic acids is 2. The molecular formula is C16H24ClN3O2. The zero-order chi connectivity index (χ0) is 16.9. The van der Waals surface area contributed by atoms with E-state index in [0.717, 1.165) is 5.56 Å². The maximum Gasteiger partial charge on any atom is 0.321 e. The van der Waals surface area contributed by atoms with Crippen molar-refractivity contribution in [3.63, 3.8) is 0 Å². The first-order valence-corrected chi connectivity index (χ1v) is 7.61. The van der Waals surface area contributed by atoms with Gasteiger partial charge in [0.2, 0.25) is 5.91 Å². The second kappa shape index (κ2) is 7.61. The summed E-state index contributed by atoms with van der Waals surface area (Å²) in [6.45, 7) is 9.19. The van der Waals surface area contributed by atoms with Crippen LogP contribution in [0, 0.1) is 0 Å². The molecule has 3 N–H and O–H groups in total. The summed E-state index contributed by atoms with van der Waals surface area (Å²) in [4.78, 5) is 23.7. The number of urea groups is 1. The number of rotatable bonds is 4. The zero-order valence-electron chi connectivity index (χ0n) is 13.7. The van der Waals surface area contributed by atoms with Crippen molar-refractivity contribution in [2.24, 2.45) is 0 Å². The zero-order valence-corrected chi connectivity index (χ0v) is 14.4. The van der Waals surface area contributed by atoms with Crippen molar-refractivity contribution in [1.29, 1.82) is 0 Å². The molecule has 122 valence electrons. The lowest BCUT2D eigenvalue weighted by Gasteiger charge is -2.23. The van der Waals surface area contributed by atoms with Crippen LogP contribution in [0.15, 0.2) is 24.3 Å². The van der Waals surface area contributed by atoms with Gasteiger partial charge in [0, 0.05) is 16.6 Å². The minimum absolute atomic E-state index is 0.0647. The molecule has 0 aromatic heterocycles. The highest BCUT2D eigenvalue weighted by molar-refractivity contribution is 6.30. The summed E-state index contributed by atoms with van der Waals surface area (Å²) in [5, 5.41) is 8.79. The SMILES string of the molecule is CC(NC(C)c1cccc(Cl)c1)C(=O)NC(=O)NC(C)(C)C. The molecule has 5 nitrogen and oxygen atoms in total. The van der Waals surface area contributed by atoms with E-state index >= 15 is 0 Å². The number of carbonyl (C=O) groups is 2. The summed E-state index contributed by atoms with van der Waals surface area (Å²) >= 11 is 5.96. The molecule has 2 unspecified atom stereocenters. The molecule has 0 fully saturated rings. The number of halogens is 1. The second-order valence-corrected chi connectivity index (χ2v) is 6.79. The highest BCUT2D eigenvalue weighted by atomic mass is 35.5. The van der Waals surface area contributed by atoms with E-state index in [2.05, 4.69) is 16.0 Å². The Morgan fingerprint density at radius 3 is 2.36 bits per heavy atom. The van der Waals surface area contributed by atoms with Gasteiger partial charge >= 0.3 is 6.03 Å². The Morgan fingerprint density at radius 2 is 1.82 bits per heavy atom. The number of imide groups is 1. The molecule has 0 radical (unpaired) electrons. The Balaban J connectivity index is 2.55. The quantitative estimate of drug-likeness (QED) is 0.797. The lowest BCUT2D eigenvalue weighted by Crippen LogP contribution is -2.52. The Bertz CT molecular complexity index is 540. The molecule has 0 bridgehead atoms. The van der Waals surface area contributed by atoms with Crippen LogP contribution in [0.3, 0.4) is 0 Å². The molecular weight excluding hydrogens is 302 g/mol. The summed E-state index contributed by atoms with van der Waals surface area (Å²) < 4.78 is 0. The molecule has 1 aromatic rings. The van der Waals surface area contributed by atoms with E-state index in [1.807, 2.05) is 45.9 Å². The predicted molar refractivity (Wildman–Crippen MR) is 88.9 cm³/mol. The summed E-state index contributed by atoms with van der Waals surface area (Å²) in [7, 11) is 0. The molecule has 0 aliphatic carbocycles. The summed E-state index contributed by atoms with van der Waals surface area (Å²) in [6.07, 6.45) is 0. The third-order valence-electron chi connectivity index (χ3n) is 2.97. The molecule has 0 spiro atoms. The fraction of sp³-hybridized carbons (Fsp3) is 0.500. The maximum absolute atomic E-state index is 12.0. The van der Waals surface area contributed by atoms with Crippen molar-refractivity contribution in [2.75, 3.05) is 0 Å². The number of hydrogen-bond donors (Lipinski definition) is 3. The van der Waals surface area contributed by atoms with Gasteiger partial charge in [-0.25, -0.2) is 4.79 Å². The topological polar surface area (TPSA) is 70.2 Å². The molecule has 0 saturated carbocycles. The van der Waals surface area contributed by atoms with Crippen LogP contribution < -0.4 is 16.0 Å². The van der Waals surface area contributed by atoms with E-state index in [1.54, 1.807) is 13.0 Å². The Labute approximate surface area is 136 Å². The predicted octanol–water partition coefficient (Wildman–Crippen LogP) is 3.00. The van der Waals surface area contributed by atoms with Gasteiger partial charge < -0.3 is 5.32 Å². The lowest BCUT2D eigenvalue weighted by atomic mass is 10.1. The van der Waals surface area contributed by atoms with Crippen molar-refractivity contribution < 1.29 is 9.59 Å². The van der Waals surface area contributed by atoms with Crippen LogP contribution >= 0.6 is 11.6 Å². The van der Waals surface area contributed by atoms with Crippen molar-refractivity contribution in [3.05, 3.63) is 34.9 Å². The van der Waals surface area contributed by atoms with Gasteiger partial charge in [-0.3, -0.25) is 15.4 Å². The third-order valence-corrected chi connectivity index (χ3v) is 3.20. The fourth-order valence-corrected chi connectivity index (χ4v) is 2.11. The molecule has 22 heavy (non-hydrogen) atoms. The standard InChI is InChI=1S/C16H24ClN3O2/c1-10(12-7-6-8-13(17)9-12)18-11(2)14(21)19-15(22)20-16(3,4)5/h6-11,18H,1-5H3,(H2,19,20,21,22). The molecule has 3 amide bonds. The number of amides is 3. The van der Waals surface area contributed by atoms with Crippen molar-refractivity contribution in [3.8, 4) is 0 Å². The van der Waals surface area contributed by atoms with Gasteiger partial charge in [0.1, 0.15) is 0 Å². The van der Waals surface area contributed by atoms with Gasteiger partial charge in [-0.15, -0.1) is 0 Å². The number of hydrogen-bond acceptors (Lipinski definition) is 3. The van der Waals surface area contributed by atoms with Crippen LogP contribution in [0.1, 0.15) is 46.2 Å². The summed E-state index contributed by atoms with van der Waals surface area (Å²) in [5.74, 6) is -0.379. The first-order valence-electron chi connectivity index (χ1n) is 7.23. The van der Waals surface area contributed by atoms with Crippen molar-refractivity contribution in [2.45, 2.75) is 52.2 Å². The average Bonchev–Trinajstić information content (AvgIpc) is 2.36. The maximum atomic E-state index is 12.0. The molecule has 0 heterocycles. The van der Waals surface area contributed by atoms with Gasteiger partial charge in [-0.2, -0.15) is 0 Å². The smallest absolute Gasteiger partial charge is 0.321 e. The fourth-order valence-electron chi connectivity index (χ4n) is 1.91. The first-order chi connectivity index (χ1) is 10.1. The van der Waals surface area contributed by atoms with Crippen LogP contribution in [0.25, 0.3) is 0 Å². The van der Waals surface area contributed by atoms with Gasteiger partial charge in [-0.1, -0.05) is 23.7 Å². The van der Waals surface area contributed by atoms with E-state index in [-0.39, 0.29) is 11.9 Å². The minimum atomic E-state index is -0.514. The Kier molecular flexibility index (Phi) is 6.38. The monoisotopic (exact) mass is 325 g/mol. The highest BCUT2D eigenvalue weighted by Gasteiger charge is 2.20. The lowest BCUT2D eigenvalue weighted by molar-refractivity contribution is -0.121. The van der Waals surface area contributed by atoms with Crippen LogP contribution in [0.2, 0.25) is 5.02 Å². The average molecular weight is 326 g/mol. The van der Waals surface area contributed by atoms with Crippen LogP contribution in [-0.2, 0) is 4.79 Å². The van der Waals surface area contributed by atoms with E-state index in [4.69, 9.17) is 11.6 Å². The van der Waals surface area contributed by atoms with Gasteiger partial charge in [0.05, 0.1) is 6.04 Å². The summed E-state index contributed by atoms with van der Waals surface area (Å²) in [6, 6.07) is 6.35. The molecule has 0 aliphatic heterocycles. The first kappa shape index (κ1) is 18.5. The largest absolute Gasteiger partial charge is 0.333 e. The number of nitrogens with one attached hydrogen (secondary N) is 3. The minimum Gasteiger partial charge on any atom is -0.333 e. The Morgan fingerprint density at radius 1 is 1.18 bits per heavy atom. The van der Waals surface area contributed by atoms with Gasteiger partial charge in [0.15, 0.2) is 0 Å². The van der Waals surface area contributed by atoms with E-state index < -0.39 is 17.6 Å². The second-order valence-electron chi connectivity index (χ2n) is 6.36. The highest BCUT2D eigenvalue weighted by Crippen LogP contribution is 2.17. The van der Waals surface area contributed by atoms with Crippen LogP contribution in [0.5, 0.6) is 0 Å². The van der Waals surface area contributed by atoms with Crippen LogP contribution in [-0.4, -0.2) is 23.5 Å². The van der Waals surface area contributed by atoms with E-state index in [0.29, 0.717) is 5.02 Å².